The Bertz CT molecular complexity index is 596. The third-order valence-electron chi connectivity index (χ3n) is 1.98. The smallest absolute Gasteiger partial charge is 0.152 e. The van der Waals surface area contributed by atoms with Gasteiger partial charge in [0.05, 0.1) is 10.5 Å². The molecular formula is C10H10O3S2. The number of thiophene rings is 1. The Labute approximate surface area is 91.9 Å². The van der Waals surface area contributed by atoms with Gasteiger partial charge in [-0.3, -0.25) is 0 Å². The van der Waals surface area contributed by atoms with Crippen LogP contribution in [0, 0.1) is 0 Å². The fourth-order valence-corrected chi connectivity index (χ4v) is 3.77. The van der Waals surface area contributed by atoms with E-state index in [-0.39, 0.29) is 11.5 Å². The minimum absolute atomic E-state index is 0.0335. The molecule has 80 valence electrons. The van der Waals surface area contributed by atoms with Crippen LogP contribution in [-0.2, 0) is 15.6 Å². The summed E-state index contributed by atoms with van der Waals surface area (Å²) in [4.78, 5) is 0.758. The van der Waals surface area contributed by atoms with E-state index in [1.807, 2.05) is 6.07 Å². The Morgan fingerprint density at radius 3 is 2.73 bits per heavy atom. The lowest BCUT2D eigenvalue weighted by molar-refractivity contribution is 0.482. The largest absolute Gasteiger partial charge is 0.506 e. The SMILES string of the molecule is CS(=O)(=O)Cc1cc2cccc(O)c2s1. The van der Waals surface area contributed by atoms with Gasteiger partial charge in [-0.2, -0.15) is 0 Å². The van der Waals surface area contributed by atoms with Crippen LogP contribution in [0.5, 0.6) is 5.75 Å². The van der Waals surface area contributed by atoms with Crippen LogP contribution in [0.2, 0.25) is 0 Å². The molecule has 0 saturated carbocycles. The number of fused-ring (bicyclic) bond motifs is 1. The van der Waals surface area contributed by atoms with E-state index in [1.54, 1.807) is 18.2 Å². The van der Waals surface area contributed by atoms with E-state index in [0.717, 1.165) is 15.0 Å². The highest BCUT2D eigenvalue weighted by Crippen LogP contribution is 2.33. The van der Waals surface area contributed by atoms with Gasteiger partial charge >= 0.3 is 0 Å². The minimum atomic E-state index is -3.01. The van der Waals surface area contributed by atoms with E-state index < -0.39 is 9.84 Å². The quantitative estimate of drug-likeness (QED) is 0.878. The van der Waals surface area contributed by atoms with Crippen molar-refractivity contribution in [2.24, 2.45) is 0 Å². The van der Waals surface area contributed by atoms with Crippen LogP contribution in [-0.4, -0.2) is 19.8 Å². The van der Waals surface area contributed by atoms with E-state index in [0.29, 0.717) is 0 Å². The molecule has 0 fully saturated rings. The van der Waals surface area contributed by atoms with E-state index >= 15 is 0 Å². The average Bonchev–Trinajstić information content (AvgIpc) is 2.45. The molecule has 15 heavy (non-hydrogen) atoms. The second-order valence-electron chi connectivity index (χ2n) is 3.48. The summed E-state index contributed by atoms with van der Waals surface area (Å²) in [5.41, 5.74) is 0. The second kappa shape index (κ2) is 3.50. The maximum absolute atomic E-state index is 11.1. The van der Waals surface area contributed by atoms with Crippen LogP contribution >= 0.6 is 11.3 Å². The highest BCUT2D eigenvalue weighted by Gasteiger charge is 2.10. The highest BCUT2D eigenvalue weighted by molar-refractivity contribution is 7.90. The Morgan fingerprint density at radius 2 is 2.13 bits per heavy atom. The summed E-state index contributed by atoms with van der Waals surface area (Å²) in [6.07, 6.45) is 1.21. The lowest BCUT2D eigenvalue weighted by atomic mass is 10.2. The van der Waals surface area contributed by atoms with Gasteiger partial charge in [0.2, 0.25) is 0 Å². The summed E-state index contributed by atoms with van der Waals surface area (Å²) < 4.78 is 23.0. The molecule has 3 nitrogen and oxygen atoms in total. The molecule has 0 bridgehead atoms. The first kappa shape index (κ1) is 10.4. The molecule has 0 unspecified atom stereocenters. The zero-order valence-electron chi connectivity index (χ0n) is 8.10. The number of benzene rings is 1. The zero-order valence-corrected chi connectivity index (χ0v) is 9.73. The first-order valence-electron chi connectivity index (χ1n) is 4.34. The summed E-state index contributed by atoms with van der Waals surface area (Å²) in [6.45, 7) is 0. The summed E-state index contributed by atoms with van der Waals surface area (Å²) in [6, 6.07) is 7.01. The predicted octanol–water partition coefficient (Wildman–Crippen LogP) is 2.15. The maximum atomic E-state index is 11.1. The summed E-state index contributed by atoms with van der Waals surface area (Å²) in [5.74, 6) is 0.239. The van der Waals surface area contributed by atoms with E-state index in [4.69, 9.17) is 0 Å². The van der Waals surface area contributed by atoms with Crippen molar-refractivity contribution in [1.29, 1.82) is 0 Å². The van der Waals surface area contributed by atoms with Crippen molar-refractivity contribution in [3.8, 4) is 5.75 Å². The molecule has 0 radical (unpaired) electrons. The van der Waals surface area contributed by atoms with Gasteiger partial charge in [-0.1, -0.05) is 12.1 Å². The van der Waals surface area contributed by atoms with E-state index in [9.17, 15) is 13.5 Å². The monoisotopic (exact) mass is 242 g/mol. The molecule has 1 aromatic heterocycles. The third-order valence-corrected chi connectivity index (χ3v) is 4.17. The van der Waals surface area contributed by atoms with Gasteiger partial charge in [0, 0.05) is 11.1 Å². The van der Waals surface area contributed by atoms with Crippen molar-refractivity contribution in [3.05, 3.63) is 29.1 Å². The fraction of sp³-hybridized carbons (Fsp3) is 0.200. The average molecular weight is 242 g/mol. The number of phenols is 1. The van der Waals surface area contributed by atoms with Gasteiger partial charge in [0.25, 0.3) is 0 Å². The molecule has 5 heteroatoms. The molecule has 0 aliphatic rings. The van der Waals surface area contributed by atoms with Gasteiger partial charge in [-0.15, -0.1) is 11.3 Å². The van der Waals surface area contributed by atoms with Gasteiger partial charge < -0.3 is 5.11 Å². The van der Waals surface area contributed by atoms with Crippen LogP contribution < -0.4 is 0 Å². The van der Waals surface area contributed by atoms with Gasteiger partial charge in [-0.25, -0.2) is 8.42 Å². The van der Waals surface area contributed by atoms with Crippen molar-refractivity contribution in [2.45, 2.75) is 5.75 Å². The van der Waals surface area contributed by atoms with Crippen molar-refractivity contribution < 1.29 is 13.5 Å². The summed E-state index contributed by atoms with van der Waals surface area (Å²) >= 11 is 1.32. The van der Waals surface area contributed by atoms with Gasteiger partial charge in [-0.05, 0) is 17.5 Å². The Kier molecular flexibility index (Phi) is 2.44. The fourth-order valence-electron chi connectivity index (χ4n) is 1.43. The lowest BCUT2D eigenvalue weighted by Gasteiger charge is -1.92. The second-order valence-corrected chi connectivity index (χ2v) is 6.76. The Hall–Kier alpha value is -1.07. The predicted molar refractivity (Wildman–Crippen MR) is 62.0 cm³/mol. The normalized spacial score (nSPS) is 12.1. The zero-order chi connectivity index (χ0) is 11.1. The van der Waals surface area contributed by atoms with Crippen LogP contribution in [0.1, 0.15) is 4.88 Å². The Balaban J connectivity index is 2.53. The maximum Gasteiger partial charge on any atom is 0.152 e. The molecule has 0 saturated heterocycles. The summed E-state index contributed by atoms with van der Waals surface area (Å²) in [7, 11) is -3.01. The number of phenolic OH excluding ortho intramolecular Hbond substituents is 1. The van der Waals surface area contributed by atoms with Crippen LogP contribution in [0.3, 0.4) is 0 Å². The standard InChI is InChI=1S/C10H10O3S2/c1-15(12,13)6-8-5-7-3-2-4-9(11)10(7)14-8/h2-5,11H,6H2,1H3. The molecule has 1 heterocycles. The summed E-state index contributed by atoms with van der Waals surface area (Å²) in [5, 5.41) is 10.4. The van der Waals surface area contributed by atoms with Gasteiger partial charge in [0.1, 0.15) is 5.75 Å². The minimum Gasteiger partial charge on any atom is -0.506 e. The number of rotatable bonds is 2. The molecular weight excluding hydrogens is 232 g/mol. The molecule has 2 rings (SSSR count). The molecule has 0 aliphatic heterocycles. The Morgan fingerprint density at radius 1 is 1.40 bits per heavy atom. The van der Waals surface area contributed by atoms with Gasteiger partial charge in [0.15, 0.2) is 9.84 Å². The third kappa shape index (κ3) is 2.30. The van der Waals surface area contributed by atoms with Crippen LogP contribution in [0.4, 0.5) is 0 Å². The van der Waals surface area contributed by atoms with E-state index in [2.05, 4.69) is 0 Å². The number of hydrogen-bond donors (Lipinski definition) is 1. The van der Waals surface area contributed by atoms with Crippen LogP contribution in [0.25, 0.3) is 10.1 Å². The molecule has 0 aliphatic carbocycles. The van der Waals surface area contributed by atoms with Crippen molar-refractivity contribution in [2.75, 3.05) is 6.26 Å². The lowest BCUT2D eigenvalue weighted by Crippen LogP contribution is -1.98. The topological polar surface area (TPSA) is 54.4 Å². The molecule has 0 atom stereocenters. The molecule has 1 aromatic carbocycles. The molecule has 0 amide bonds. The first-order chi connectivity index (χ1) is 6.96. The number of aromatic hydroxyl groups is 1. The van der Waals surface area contributed by atoms with Crippen molar-refractivity contribution in [3.63, 3.8) is 0 Å². The molecule has 0 spiro atoms. The van der Waals surface area contributed by atoms with E-state index in [1.165, 1.54) is 17.6 Å². The number of hydrogen-bond acceptors (Lipinski definition) is 4. The highest BCUT2D eigenvalue weighted by atomic mass is 32.2. The van der Waals surface area contributed by atoms with Crippen molar-refractivity contribution >= 4 is 31.3 Å². The van der Waals surface area contributed by atoms with Crippen LogP contribution in [0.15, 0.2) is 24.3 Å². The first-order valence-corrected chi connectivity index (χ1v) is 7.21. The molecule has 1 N–H and O–H groups in total. The number of sulfone groups is 1. The van der Waals surface area contributed by atoms with Crippen molar-refractivity contribution in [1.82, 2.24) is 0 Å². The molecule has 2 aromatic rings.